The first kappa shape index (κ1) is 13.9. The Morgan fingerprint density at radius 1 is 1.10 bits per heavy atom. The maximum Gasteiger partial charge on any atom is 0.168 e. The Hall–Kier alpha value is -2.04. The third-order valence-electron chi connectivity index (χ3n) is 3.87. The number of rotatable bonds is 3. The SMILES string of the molecule is CNc1nc(C2CC2)nc(-c2ccc(C)c(F)c2F)c1C. The topological polar surface area (TPSA) is 37.8 Å². The first-order valence-electron chi connectivity index (χ1n) is 7.04. The van der Waals surface area contributed by atoms with Crippen molar-refractivity contribution in [2.45, 2.75) is 32.6 Å². The summed E-state index contributed by atoms with van der Waals surface area (Å²) in [5.74, 6) is 0.0579. The average Bonchev–Trinajstić information content (AvgIpc) is 3.30. The second-order valence-electron chi connectivity index (χ2n) is 5.49. The lowest BCUT2D eigenvalue weighted by Gasteiger charge is -2.13. The number of nitrogens with zero attached hydrogens (tertiary/aromatic N) is 2. The molecule has 21 heavy (non-hydrogen) atoms. The van der Waals surface area contributed by atoms with Crippen LogP contribution in [0.25, 0.3) is 11.3 Å². The quantitative estimate of drug-likeness (QED) is 0.929. The van der Waals surface area contributed by atoms with Gasteiger partial charge < -0.3 is 5.32 Å². The predicted octanol–water partition coefficient (Wildman–Crippen LogP) is 3.96. The molecule has 0 atom stereocenters. The normalized spacial score (nSPS) is 14.3. The lowest BCUT2D eigenvalue weighted by Crippen LogP contribution is -2.06. The zero-order chi connectivity index (χ0) is 15.1. The Morgan fingerprint density at radius 3 is 2.43 bits per heavy atom. The van der Waals surface area contributed by atoms with Crippen LogP contribution in [0.2, 0.25) is 0 Å². The number of benzene rings is 1. The number of hydrogen-bond acceptors (Lipinski definition) is 3. The van der Waals surface area contributed by atoms with Crippen molar-refractivity contribution in [2.24, 2.45) is 0 Å². The highest BCUT2D eigenvalue weighted by molar-refractivity contribution is 5.69. The third-order valence-corrected chi connectivity index (χ3v) is 3.87. The molecule has 2 aromatic rings. The van der Waals surface area contributed by atoms with Gasteiger partial charge in [0.1, 0.15) is 11.6 Å². The summed E-state index contributed by atoms with van der Waals surface area (Å²) >= 11 is 0. The molecule has 1 saturated carbocycles. The van der Waals surface area contributed by atoms with Crippen molar-refractivity contribution >= 4 is 5.82 Å². The van der Waals surface area contributed by atoms with E-state index in [1.165, 1.54) is 0 Å². The molecule has 0 amide bonds. The van der Waals surface area contributed by atoms with Gasteiger partial charge in [0, 0.05) is 24.1 Å². The van der Waals surface area contributed by atoms with E-state index in [1.54, 1.807) is 26.1 Å². The van der Waals surface area contributed by atoms with E-state index in [0.717, 1.165) is 18.4 Å². The molecule has 1 aliphatic carbocycles. The maximum atomic E-state index is 14.3. The van der Waals surface area contributed by atoms with Gasteiger partial charge in [-0.05, 0) is 38.3 Å². The zero-order valence-electron chi connectivity index (χ0n) is 12.3. The summed E-state index contributed by atoms with van der Waals surface area (Å²) < 4.78 is 28.1. The van der Waals surface area contributed by atoms with E-state index in [9.17, 15) is 8.78 Å². The molecule has 110 valence electrons. The fourth-order valence-corrected chi connectivity index (χ4v) is 2.39. The summed E-state index contributed by atoms with van der Waals surface area (Å²) in [4.78, 5) is 8.96. The monoisotopic (exact) mass is 289 g/mol. The summed E-state index contributed by atoms with van der Waals surface area (Å²) in [7, 11) is 1.77. The number of anilines is 1. The lowest BCUT2D eigenvalue weighted by molar-refractivity contribution is 0.505. The fraction of sp³-hybridized carbons (Fsp3) is 0.375. The minimum atomic E-state index is -0.847. The summed E-state index contributed by atoms with van der Waals surface area (Å²) in [6.07, 6.45) is 2.10. The van der Waals surface area contributed by atoms with Gasteiger partial charge in [-0.3, -0.25) is 0 Å². The van der Waals surface area contributed by atoms with E-state index in [1.807, 2.05) is 6.92 Å². The van der Waals surface area contributed by atoms with Gasteiger partial charge in [0.25, 0.3) is 0 Å². The van der Waals surface area contributed by atoms with Crippen molar-refractivity contribution < 1.29 is 8.78 Å². The van der Waals surface area contributed by atoms with E-state index in [2.05, 4.69) is 15.3 Å². The Labute approximate surface area is 122 Å². The van der Waals surface area contributed by atoms with Gasteiger partial charge in [0.15, 0.2) is 11.6 Å². The minimum absolute atomic E-state index is 0.191. The summed E-state index contributed by atoms with van der Waals surface area (Å²) in [6.45, 7) is 3.36. The number of nitrogens with one attached hydrogen (secondary N) is 1. The molecule has 5 heteroatoms. The third kappa shape index (κ3) is 2.37. The van der Waals surface area contributed by atoms with E-state index in [4.69, 9.17) is 0 Å². The molecule has 0 unspecified atom stereocenters. The predicted molar refractivity (Wildman–Crippen MR) is 78.4 cm³/mol. The Morgan fingerprint density at radius 2 is 1.81 bits per heavy atom. The van der Waals surface area contributed by atoms with Crippen LogP contribution in [0.5, 0.6) is 0 Å². The Kier molecular flexibility index (Phi) is 3.35. The van der Waals surface area contributed by atoms with Crippen molar-refractivity contribution in [1.82, 2.24) is 9.97 Å². The molecule has 3 rings (SSSR count). The summed E-state index contributed by atoms with van der Waals surface area (Å²) in [5, 5.41) is 3.01. The number of aryl methyl sites for hydroxylation is 1. The van der Waals surface area contributed by atoms with Gasteiger partial charge in [-0.25, -0.2) is 18.7 Å². The minimum Gasteiger partial charge on any atom is -0.373 e. The van der Waals surface area contributed by atoms with Crippen molar-refractivity contribution in [2.75, 3.05) is 12.4 Å². The molecule has 1 N–H and O–H groups in total. The van der Waals surface area contributed by atoms with Gasteiger partial charge in [-0.1, -0.05) is 6.07 Å². The van der Waals surface area contributed by atoms with Crippen LogP contribution in [0, 0.1) is 25.5 Å². The first-order chi connectivity index (χ1) is 10.0. The first-order valence-corrected chi connectivity index (χ1v) is 7.04. The molecular formula is C16H17F2N3. The van der Waals surface area contributed by atoms with E-state index in [0.29, 0.717) is 28.8 Å². The van der Waals surface area contributed by atoms with E-state index in [-0.39, 0.29) is 5.56 Å². The van der Waals surface area contributed by atoms with E-state index >= 15 is 0 Å². The summed E-state index contributed by atoms with van der Waals surface area (Å²) in [5.41, 5.74) is 1.67. The number of hydrogen-bond donors (Lipinski definition) is 1. The van der Waals surface area contributed by atoms with Crippen LogP contribution < -0.4 is 5.32 Å². The Balaban J connectivity index is 2.21. The fourth-order valence-electron chi connectivity index (χ4n) is 2.39. The summed E-state index contributed by atoms with van der Waals surface area (Å²) in [6, 6.07) is 3.16. The Bertz CT molecular complexity index is 709. The molecule has 0 radical (unpaired) electrons. The second-order valence-corrected chi connectivity index (χ2v) is 5.49. The molecule has 1 aliphatic rings. The van der Waals surface area contributed by atoms with Gasteiger partial charge in [-0.2, -0.15) is 0 Å². The van der Waals surface area contributed by atoms with Crippen molar-refractivity contribution in [3.63, 3.8) is 0 Å². The second kappa shape index (κ2) is 5.06. The smallest absolute Gasteiger partial charge is 0.168 e. The van der Waals surface area contributed by atoms with Gasteiger partial charge in [0.05, 0.1) is 5.69 Å². The van der Waals surface area contributed by atoms with Crippen LogP contribution in [-0.4, -0.2) is 17.0 Å². The maximum absolute atomic E-state index is 14.3. The lowest BCUT2D eigenvalue weighted by atomic mass is 10.0. The number of halogens is 2. The highest BCUT2D eigenvalue weighted by atomic mass is 19.2. The highest BCUT2D eigenvalue weighted by Crippen LogP contribution is 2.40. The van der Waals surface area contributed by atoms with Crippen molar-refractivity contribution in [1.29, 1.82) is 0 Å². The molecule has 0 spiro atoms. The standard InChI is InChI=1S/C16H17F2N3/c1-8-4-7-11(13(18)12(8)17)14-9(2)15(19-3)21-16(20-14)10-5-6-10/h4,7,10H,5-6H2,1-3H3,(H,19,20,21). The molecule has 1 fully saturated rings. The molecule has 1 aromatic heterocycles. The van der Waals surface area contributed by atoms with Crippen LogP contribution in [0.4, 0.5) is 14.6 Å². The van der Waals surface area contributed by atoms with Gasteiger partial charge in [-0.15, -0.1) is 0 Å². The van der Waals surface area contributed by atoms with Crippen molar-refractivity contribution in [3.05, 3.63) is 40.7 Å². The largest absolute Gasteiger partial charge is 0.373 e. The zero-order valence-corrected chi connectivity index (χ0v) is 12.3. The van der Waals surface area contributed by atoms with Crippen LogP contribution in [0.3, 0.4) is 0 Å². The molecule has 0 saturated heterocycles. The van der Waals surface area contributed by atoms with Crippen LogP contribution in [0.15, 0.2) is 12.1 Å². The molecule has 0 bridgehead atoms. The molecule has 3 nitrogen and oxygen atoms in total. The molecule has 1 aromatic carbocycles. The van der Waals surface area contributed by atoms with Gasteiger partial charge >= 0.3 is 0 Å². The highest BCUT2D eigenvalue weighted by Gasteiger charge is 2.29. The van der Waals surface area contributed by atoms with Crippen molar-refractivity contribution in [3.8, 4) is 11.3 Å². The molecule has 1 heterocycles. The molecule has 0 aliphatic heterocycles. The van der Waals surface area contributed by atoms with E-state index < -0.39 is 11.6 Å². The van der Waals surface area contributed by atoms with Crippen LogP contribution in [0.1, 0.15) is 35.7 Å². The van der Waals surface area contributed by atoms with Crippen LogP contribution >= 0.6 is 0 Å². The molecular weight excluding hydrogens is 272 g/mol. The average molecular weight is 289 g/mol. The van der Waals surface area contributed by atoms with Gasteiger partial charge in [0.2, 0.25) is 0 Å². The number of aromatic nitrogens is 2. The van der Waals surface area contributed by atoms with Crippen LogP contribution in [-0.2, 0) is 0 Å².